The van der Waals surface area contributed by atoms with Crippen LogP contribution in [0.5, 0.6) is 0 Å². The monoisotopic (exact) mass is 272 g/mol. The molecule has 1 unspecified atom stereocenters. The van der Waals surface area contributed by atoms with Gasteiger partial charge in [-0.3, -0.25) is 4.98 Å². The highest BCUT2D eigenvalue weighted by molar-refractivity contribution is 7.89. The molecule has 0 aliphatic carbocycles. The van der Waals surface area contributed by atoms with E-state index in [0.717, 1.165) is 0 Å². The number of oxime groups is 1. The molecule has 1 atom stereocenters. The lowest BCUT2D eigenvalue weighted by atomic mass is 10.1. The van der Waals surface area contributed by atoms with Crippen LogP contribution in [0.2, 0.25) is 0 Å². The molecule has 1 rings (SSSR count). The highest BCUT2D eigenvalue weighted by Gasteiger charge is 2.25. The van der Waals surface area contributed by atoms with Crippen molar-refractivity contribution in [1.82, 2.24) is 9.71 Å². The molecule has 0 spiro atoms. The molecular formula is C10H16N4O3S. The summed E-state index contributed by atoms with van der Waals surface area (Å²) in [6, 6.07) is 2.15. The Balaban J connectivity index is 3.01. The number of nitrogens with one attached hydrogen (secondary N) is 1. The number of pyridine rings is 1. The number of sulfonamides is 1. The zero-order valence-corrected chi connectivity index (χ0v) is 10.9. The summed E-state index contributed by atoms with van der Waals surface area (Å²) in [6.07, 6.45) is 2.70. The first-order chi connectivity index (χ1) is 8.38. The number of amidine groups is 1. The van der Waals surface area contributed by atoms with Crippen LogP contribution >= 0.6 is 0 Å². The largest absolute Gasteiger partial charge is 0.409 e. The van der Waals surface area contributed by atoms with E-state index in [2.05, 4.69) is 14.9 Å². The summed E-state index contributed by atoms with van der Waals surface area (Å²) >= 11 is 0. The molecule has 0 saturated carbocycles. The molecule has 8 heteroatoms. The zero-order chi connectivity index (χ0) is 13.8. The Bertz CT molecular complexity index is 513. The van der Waals surface area contributed by atoms with Gasteiger partial charge in [0.2, 0.25) is 10.0 Å². The lowest BCUT2D eigenvalue weighted by Gasteiger charge is -2.20. The van der Waals surface area contributed by atoms with Crippen molar-refractivity contribution in [3.63, 3.8) is 0 Å². The maximum Gasteiger partial charge on any atom is 0.242 e. The maximum atomic E-state index is 12.0. The highest BCUT2D eigenvalue weighted by atomic mass is 32.2. The van der Waals surface area contributed by atoms with E-state index in [0.29, 0.717) is 0 Å². The Kier molecular flexibility index (Phi) is 4.62. The van der Waals surface area contributed by atoms with Gasteiger partial charge in [0, 0.05) is 12.4 Å². The van der Waals surface area contributed by atoms with E-state index in [1.54, 1.807) is 13.8 Å². The fraction of sp³-hybridized carbons (Fsp3) is 0.400. The molecule has 0 radical (unpaired) electrons. The van der Waals surface area contributed by atoms with Crippen molar-refractivity contribution in [3.05, 3.63) is 24.5 Å². The molecule has 18 heavy (non-hydrogen) atoms. The molecule has 0 amide bonds. The normalized spacial score (nSPS) is 14.7. The third-order valence-electron chi connectivity index (χ3n) is 2.33. The first-order valence-electron chi connectivity index (χ1n) is 5.28. The standard InChI is InChI=1S/C10H16N4O3S/c1-7(2)9(10(11)13-15)14-18(16,17)8-4-3-5-12-6-8/h3-7,9,14-15H,1-2H3,(H2,11,13). The zero-order valence-electron chi connectivity index (χ0n) is 10.1. The van der Waals surface area contributed by atoms with Crippen LogP contribution in [-0.4, -0.2) is 30.5 Å². The topological polar surface area (TPSA) is 118 Å². The molecule has 0 aromatic carbocycles. The number of hydrogen-bond donors (Lipinski definition) is 3. The van der Waals surface area contributed by atoms with E-state index in [1.807, 2.05) is 0 Å². The van der Waals surface area contributed by atoms with Crippen LogP contribution in [0, 0.1) is 5.92 Å². The van der Waals surface area contributed by atoms with E-state index < -0.39 is 16.1 Å². The molecule has 1 aromatic rings. The van der Waals surface area contributed by atoms with Gasteiger partial charge in [0.05, 0.1) is 6.04 Å². The quantitative estimate of drug-likeness (QED) is 0.305. The fourth-order valence-electron chi connectivity index (χ4n) is 1.34. The molecule has 1 heterocycles. The Morgan fingerprint density at radius 3 is 2.67 bits per heavy atom. The van der Waals surface area contributed by atoms with Crippen LogP contribution in [0.3, 0.4) is 0 Å². The number of rotatable bonds is 5. The average Bonchev–Trinajstić information content (AvgIpc) is 2.36. The third-order valence-corrected chi connectivity index (χ3v) is 3.75. The van der Waals surface area contributed by atoms with Gasteiger partial charge < -0.3 is 10.9 Å². The smallest absolute Gasteiger partial charge is 0.242 e. The predicted octanol–water partition coefficient (Wildman–Crippen LogP) is 0.131. The van der Waals surface area contributed by atoms with E-state index in [4.69, 9.17) is 10.9 Å². The summed E-state index contributed by atoms with van der Waals surface area (Å²) in [4.78, 5) is 3.77. The Labute approximate surface area is 106 Å². The number of hydrogen-bond acceptors (Lipinski definition) is 5. The van der Waals surface area contributed by atoms with Gasteiger partial charge in [-0.05, 0) is 18.1 Å². The molecule has 0 saturated heterocycles. The first-order valence-corrected chi connectivity index (χ1v) is 6.76. The molecule has 0 bridgehead atoms. The Morgan fingerprint density at radius 2 is 2.22 bits per heavy atom. The van der Waals surface area contributed by atoms with Crippen LogP contribution in [0.15, 0.2) is 34.6 Å². The minimum absolute atomic E-state index is 0.0291. The first kappa shape index (κ1) is 14.4. The van der Waals surface area contributed by atoms with Gasteiger partial charge in [0.15, 0.2) is 5.84 Å². The minimum atomic E-state index is -3.74. The van der Waals surface area contributed by atoms with Crippen molar-refractivity contribution < 1.29 is 13.6 Å². The highest BCUT2D eigenvalue weighted by Crippen LogP contribution is 2.10. The SMILES string of the molecule is CC(C)C(NS(=O)(=O)c1cccnc1)C(N)=NO. The summed E-state index contributed by atoms with van der Waals surface area (Å²) in [5.41, 5.74) is 5.46. The molecule has 0 aliphatic heterocycles. The lowest BCUT2D eigenvalue weighted by Crippen LogP contribution is -2.47. The minimum Gasteiger partial charge on any atom is -0.409 e. The van der Waals surface area contributed by atoms with Crippen LogP contribution < -0.4 is 10.5 Å². The van der Waals surface area contributed by atoms with E-state index in [9.17, 15) is 8.42 Å². The number of aromatic nitrogens is 1. The van der Waals surface area contributed by atoms with Gasteiger partial charge in [0.1, 0.15) is 4.90 Å². The van der Waals surface area contributed by atoms with Crippen molar-refractivity contribution in [2.45, 2.75) is 24.8 Å². The number of nitrogens with two attached hydrogens (primary N) is 1. The van der Waals surface area contributed by atoms with Crippen molar-refractivity contribution >= 4 is 15.9 Å². The predicted molar refractivity (Wildman–Crippen MR) is 66.6 cm³/mol. The summed E-state index contributed by atoms with van der Waals surface area (Å²) < 4.78 is 26.4. The van der Waals surface area contributed by atoms with Gasteiger partial charge in [-0.1, -0.05) is 19.0 Å². The van der Waals surface area contributed by atoms with Crippen LogP contribution in [-0.2, 0) is 10.0 Å². The van der Waals surface area contributed by atoms with Gasteiger partial charge in [0.25, 0.3) is 0 Å². The summed E-state index contributed by atoms with van der Waals surface area (Å²) in [7, 11) is -3.74. The van der Waals surface area contributed by atoms with Gasteiger partial charge in [-0.25, -0.2) is 13.1 Å². The van der Waals surface area contributed by atoms with Gasteiger partial charge in [-0.15, -0.1) is 0 Å². The Hall–Kier alpha value is -1.67. The molecule has 1 aromatic heterocycles. The fourth-order valence-corrected chi connectivity index (χ4v) is 2.66. The van der Waals surface area contributed by atoms with Crippen LogP contribution in [0.4, 0.5) is 0 Å². The number of nitrogens with zero attached hydrogens (tertiary/aromatic N) is 2. The molecule has 0 fully saturated rings. The van der Waals surface area contributed by atoms with Crippen molar-refractivity contribution in [1.29, 1.82) is 0 Å². The second-order valence-electron chi connectivity index (χ2n) is 4.06. The molecule has 0 aliphatic rings. The average molecular weight is 272 g/mol. The molecule has 7 nitrogen and oxygen atoms in total. The van der Waals surface area contributed by atoms with Crippen LogP contribution in [0.25, 0.3) is 0 Å². The van der Waals surface area contributed by atoms with E-state index >= 15 is 0 Å². The van der Waals surface area contributed by atoms with Gasteiger partial charge in [-0.2, -0.15) is 0 Å². The molecule has 4 N–H and O–H groups in total. The second kappa shape index (κ2) is 5.78. The van der Waals surface area contributed by atoms with E-state index in [1.165, 1.54) is 24.5 Å². The Morgan fingerprint density at radius 1 is 1.56 bits per heavy atom. The maximum absolute atomic E-state index is 12.0. The van der Waals surface area contributed by atoms with Gasteiger partial charge >= 0.3 is 0 Å². The van der Waals surface area contributed by atoms with Crippen molar-refractivity contribution in [2.24, 2.45) is 16.8 Å². The second-order valence-corrected chi connectivity index (χ2v) is 5.77. The molecular weight excluding hydrogens is 256 g/mol. The summed E-state index contributed by atoms with van der Waals surface area (Å²) in [5, 5.41) is 11.5. The molecule has 100 valence electrons. The summed E-state index contributed by atoms with van der Waals surface area (Å²) in [6.45, 7) is 3.52. The summed E-state index contributed by atoms with van der Waals surface area (Å²) in [5.74, 6) is -0.343. The lowest BCUT2D eigenvalue weighted by molar-refractivity contribution is 0.313. The van der Waals surface area contributed by atoms with Crippen molar-refractivity contribution in [2.75, 3.05) is 0 Å². The third kappa shape index (κ3) is 3.41. The van der Waals surface area contributed by atoms with Crippen molar-refractivity contribution in [3.8, 4) is 0 Å². The van der Waals surface area contributed by atoms with E-state index in [-0.39, 0.29) is 16.6 Å². The van der Waals surface area contributed by atoms with Crippen LogP contribution in [0.1, 0.15) is 13.8 Å².